The zero-order valence-electron chi connectivity index (χ0n) is 14.9. The van der Waals surface area contributed by atoms with Crippen LogP contribution in [-0.4, -0.2) is 54.3 Å². The monoisotopic (exact) mass is 383 g/mol. The van der Waals surface area contributed by atoms with Crippen molar-refractivity contribution in [1.29, 1.82) is 0 Å². The number of amides is 1. The molecule has 148 valence electrons. The average molecular weight is 383 g/mol. The summed E-state index contributed by atoms with van der Waals surface area (Å²) in [4.78, 5) is 31.8. The minimum Gasteiger partial charge on any atom is -0.463 e. The fourth-order valence-electron chi connectivity index (χ4n) is 1.71. The summed E-state index contributed by atoms with van der Waals surface area (Å²) >= 11 is 0. The molecule has 0 heterocycles. The predicted molar refractivity (Wildman–Crippen MR) is 90.8 cm³/mol. The van der Waals surface area contributed by atoms with Crippen molar-refractivity contribution in [2.45, 2.75) is 58.5 Å². The largest absolute Gasteiger partial charge is 0.472 e. The Morgan fingerprint density at radius 3 is 2.48 bits per heavy atom. The molecule has 0 bridgehead atoms. The van der Waals surface area contributed by atoms with Gasteiger partial charge in [0, 0.05) is 19.4 Å². The fourth-order valence-corrected chi connectivity index (χ4v) is 2.47. The maximum Gasteiger partial charge on any atom is 0.472 e. The first-order valence-electron chi connectivity index (χ1n) is 8.53. The summed E-state index contributed by atoms with van der Waals surface area (Å²) in [6.45, 7) is 2.72. The van der Waals surface area contributed by atoms with E-state index in [-0.39, 0.29) is 32.1 Å². The van der Waals surface area contributed by atoms with Crippen LogP contribution in [0.5, 0.6) is 0 Å². The minimum atomic E-state index is -4.34. The number of hydrogen-bond donors (Lipinski definition) is 3. The standard InChI is InChI=1S/C15H30NO8P/c1-3-5-6-7-8-14(18)16-9-10-23-25(20,21)24-12-13(17)11-22-15(19)4-2/h13,17H,3-12H2,1-2H3,(H,16,18)(H,20,21). The van der Waals surface area contributed by atoms with Crippen molar-refractivity contribution >= 4 is 19.7 Å². The van der Waals surface area contributed by atoms with Crippen LogP contribution in [-0.2, 0) is 27.9 Å². The van der Waals surface area contributed by atoms with E-state index in [9.17, 15) is 24.2 Å². The van der Waals surface area contributed by atoms with Crippen LogP contribution in [0, 0.1) is 0 Å². The van der Waals surface area contributed by atoms with Gasteiger partial charge in [-0.15, -0.1) is 0 Å². The van der Waals surface area contributed by atoms with Crippen molar-refractivity contribution < 1.29 is 37.9 Å². The quantitative estimate of drug-likeness (QED) is 0.220. The maximum atomic E-state index is 11.6. The third kappa shape index (κ3) is 15.0. The lowest BCUT2D eigenvalue weighted by molar-refractivity contribution is -0.146. The second-order valence-electron chi connectivity index (χ2n) is 5.45. The molecule has 2 unspecified atom stereocenters. The molecule has 0 saturated heterocycles. The molecule has 0 aromatic rings. The molecular formula is C15H30NO8P. The topological polar surface area (TPSA) is 131 Å². The summed E-state index contributed by atoms with van der Waals surface area (Å²) in [5.74, 6) is -0.630. The smallest absolute Gasteiger partial charge is 0.463 e. The van der Waals surface area contributed by atoms with Gasteiger partial charge in [0.2, 0.25) is 5.91 Å². The first-order chi connectivity index (χ1) is 11.8. The summed E-state index contributed by atoms with van der Waals surface area (Å²) in [5.41, 5.74) is 0. The number of phosphoric acid groups is 1. The molecule has 2 atom stereocenters. The Morgan fingerprint density at radius 1 is 1.12 bits per heavy atom. The molecule has 0 aliphatic heterocycles. The van der Waals surface area contributed by atoms with E-state index in [1.807, 2.05) is 0 Å². The van der Waals surface area contributed by atoms with Crippen molar-refractivity contribution in [2.75, 3.05) is 26.4 Å². The van der Waals surface area contributed by atoms with E-state index < -0.39 is 26.5 Å². The normalized spacial score (nSPS) is 14.6. The summed E-state index contributed by atoms with van der Waals surface area (Å²) in [5, 5.41) is 12.1. The molecule has 0 aliphatic carbocycles. The predicted octanol–water partition coefficient (Wildman–Crippen LogP) is 1.52. The molecule has 1 amide bonds. The van der Waals surface area contributed by atoms with E-state index in [2.05, 4.69) is 26.0 Å². The lowest BCUT2D eigenvalue weighted by atomic mass is 10.1. The number of esters is 1. The van der Waals surface area contributed by atoms with E-state index in [0.29, 0.717) is 6.42 Å². The van der Waals surface area contributed by atoms with Crippen LogP contribution in [0.4, 0.5) is 0 Å². The highest BCUT2D eigenvalue weighted by molar-refractivity contribution is 7.47. The Kier molecular flexibility index (Phi) is 13.6. The minimum absolute atomic E-state index is 0.0805. The first-order valence-corrected chi connectivity index (χ1v) is 10.0. The van der Waals surface area contributed by atoms with Gasteiger partial charge in [-0.05, 0) is 6.42 Å². The van der Waals surface area contributed by atoms with Gasteiger partial charge in [0.1, 0.15) is 12.7 Å². The van der Waals surface area contributed by atoms with E-state index >= 15 is 0 Å². The third-order valence-electron chi connectivity index (χ3n) is 3.09. The van der Waals surface area contributed by atoms with Gasteiger partial charge in [0.05, 0.1) is 13.2 Å². The van der Waals surface area contributed by atoms with Gasteiger partial charge in [0.25, 0.3) is 0 Å². The average Bonchev–Trinajstić information content (AvgIpc) is 2.58. The van der Waals surface area contributed by atoms with E-state index in [1.54, 1.807) is 6.92 Å². The molecule has 3 N–H and O–H groups in total. The van der Waals surface area contributed by atoms with E-state index in [1.165, 1.54) is 0 Å². The molecule has 0 aliphatic rings. The van der Waals surface area contributed by atoms with Crippen LogP contribution in [0.1, 0.15) is 52.4 Å². The number of phosphoric ester groups is 1. The molecule has 0 rings (SSSR count). The lowest BCUT2D eigenvalue weighted by Crippen LogP contribution is -2.27. The number of nitrogens with one attached hydrogen (secondary N) is 1. The number of carbonyl (C=O) groups excluding carboxylic acids is 2. The zero-order chi connectivity index (χ0) is 19.1. The van der Waals surface area contributed by atoms with E-state index in [4.69, 9.17) is 0 Å². The van der Waals surface area contributed by atoms with Crippen molar-refractivity contribution in [3.05, 3.63) is 0 Å². The Labute approximate surface area is 148 Å². The Morgan fingerprint density at radius 2 is 1.84 bits per heavy atom. The molecule has 0 aromatic heterocycles. The Hall–Kier alpha value is -0.990. The van der Waals surface area contributed by atoms with Crippen molar-refractivity contribution in [3.8, 4) is 0 Å². The molecule has 0 aromatic carbocycles. The van der Waals surface area contributed by atoms with Crippen LogP contribution >= 0.6 is 7.82 Å². The van der Waals surface area contributed by atoms with Gasteiger partial charge in [-0.1, -0.05) is 33.1 Å². The summed E-state index contributed by atoms with van der Waals surface area (Å²) in [6.07, 6.45) is 3.33. The second-order valence-corrected chi connectivity index (χ2v) is 6.90. The number of hydrogen-bond acceptors (Lipinski definition) is 7. The van der Waals surface area contributed by atoms with Crippen LogP contribution in [0.25, 0.3) is 0 Å². The SMILES string of the molecule is CCCCCCC(=O)NCCOP(=O)(O)OCC(O)COC(=O)CC. The molecule has 10 heteroatoms. The number of rotatable bonds is 15. The van der Waals surface area contributed by atoms with Gasteiger partial charge in [-0.25, -0.2) is 4.57 Å². The molecule has 0 fully saturated rings. The Balaban J connectivity index is 3.77. The van der Waals surface area contributed by atoms with Crippen LogP contribution in [0.15, 0.2) is 0 Å². The van der Waals surface area contributed by atoms with Gasteiger partial charge < -0.3 is 20.1 Å². The maximum absolute atomic E-state index is 11.6. The highest BCUT2D eigenvalue weighted by Gasteiger charge is 2.23. The van der Waals surface area contributed by atoms with Gasteiger partial charge in [0.15, 0.2) is 0 Å². The highest BCUT2D eigenvalue weighted by Crippen LogP contribution is 2.42. The van der Waals surface area contributed by atoms with E-state index in [0.717, 1.165) is 25.7 Å². The van der Waals surface area contributed by atoms with Crippen molar-refractivity contribution in [1.82, 2.24) is 5.32 Å². The number of aliphatic hydroxyl groups is 1. The molecule has 25 heavy (non-hydrogen) atoms. The van der Waals surface area contributed by atoms with Crippen molar-refractivity contribution in [2.24, 2.45) is 0 Å². The first kappa shape index (κ1) is 24.0. The van der Waals surface area contributed by atoms with Crippen LogP contribution < -0.4 is 5.32 Å². The second kappa shape index (κ2) is 14.2. The van der Waals surface area contributed by atoms with Crippen molar-refractivity contribution in [3.63, 3.8) is 0 Å². The number of carbonyl (C=O) groups is 2. The lowest BCUT2D eigenvalue weighted by Gasteiger charge is -2.15. The molecular weight excluding hydrogens is 353 g/mol. The molecule has 0 radical (unpaired) electrons. The number of aliphatic hydroxyl groups excluding tert-OH is 1. The van der Waals surface area contributed by atoms with Crippen LogP contribution in [0.2, 0.25) is 0 Å². The summed E-state index contributed by atoms with van der Waals surface area (Å²) in [6, 6.07) is 0. The summed E-state index contributed by atoms with van der Waals surface area (Å²) < 4.78 is 25.5. The zero-order valence-corrected chi connectivity index (χ0v) is 15.8. The summed E-state index contributed by atoms with van der Waals surface area (Å²) in [7, 11) is -4.34. The van der Waals surface area contributed by atoms with Gasteiger partial charge >= 0.3 is 13.8 Å². The fraction of sp³-hybridized carbons (Fsp3) is 0.867. The molecule has 0 saturated carbocycles. The Bertz CT molecular complexity index is 432. The third-order valence-corrected chi connectivity index (χ3v) is 4.08. The molecule has 0 spiro atoms. The highest BCUT2D eigenvalue weighted by atomic mass is 31.2. The van der Waals surface area contributed by atoms with Gasteiger partial charge in [-0.2, -0.15) is 0 Å². The van der Waals surface area contributed by atoms with Crippen LogP contribution in [0.3, 0.4) is 0 Å². The van der Waals surface area contributed by atoms with Gasteiger partial charge in [-0.3, -0.25) is 18.6 Å². The molecule has 9 nitrogen and oxygen atoms in total. The number of unbranched alkanes of at least 4 members (excludes halogenated alkanes) is 3. The number of ether oxygens (including phenoxy) is 1.